The molecule has 2 heterocycles. The lowest BCUT2D eigenvalue weighted by molar-refractivity contribution is -0.121. The molecule has 7 nitrogen and oxygen atoms in total. The van der Waals surface area contributed by atoms with Crippen molar-refractivity contribution in [3.8, 4) is 11.5 Å². The standard InChI is InChI=1S/C26H27N3O4/c30-25(8-4-14-32-23-10-11-24-20(16-23)9-12-26(31)29-24)28-17-19-5-3-7-22(15-19)33-18-21-6-1-2-13-27-21/h1-3,5-7,10-11,13,15-16H,4,8-9,12,14,17-18H2,(H,28,30)(H,29,31). The van der Waals surface area contributed by atoms with Gasteiger partial charge < -0.3 is 20.1 Å². The largest absolute Gasteiger partial charge is 0.494 e. The third-order valence-electron chi connectivity index (χ3n) is 5.29. The molecule has 0 aliphatic carbocycles. The predicted molar refractivity (Wildman–Crippen MR) is 125 cm³/mol. The molecule has 0 bridgehead atoms. The Morgan fingerprint density at radius 2 is 1.91 bits per heavy atom. The summed E-state index contributed by atoms with van der Waals surface area (Å²) in [5.41, 5.74) is 3.76. The van der Waals surface area contributed by atoms with Crippen LogP contribution in [0.25, 0.3) is 0 Å². The maximum Gasteiger partial charge on any atom is 0.224 e. The first-order valence-corrected chi connectivity index (χ1v) is 11.1. The Bertz CT molecular complexity index is 1100. The molecule has 0 saturated heterocycles. The molecule has 0 fully saturated rings. The Morgan fingerprint density at radius 1 is 1.00 bits per heavy atom. The highest BCUT2D eigenvalue weighted by Crippen LogP contribution is 2.26. The summed E-state index contributed by atoms with van der Waals surface area (Å²) in [6.07, 6.45) is 3.96. The number of anilines is 1. The maximum absolute atomic E-state index is 12.2. The van der Waals surface area contributed by atoms with Crippen molar-refractivity contribution in [2.45, 2.75) is 38.8 Å². The van der Waals surface area contributed by atoms with Gasteiger partial charge in [0.15, 0.2) is 0 Å². The fourth-order valence-corrected chi connectivity index (χ4v) is 3.55. The minimum absolute atomic E-state index is 0.0217. The minimum atomic E-state index is -0.0217. The number of hydrogen-bond acceptors (Lipinski definition) is 5. The number of ether oxygens (including phenoxy) is 2. The van der Waals surface area contributed by atoms with E-state index in [2.05, 4.69) is 15.6 Å². The van der Waals surface area contributed by atoms with Crippen molar-refractivity contribution in [2.75, 3.05) is 11.9 Å². The van der Waals surface area contributed by atoms with E-state index in [-0.39, 0.29) is 11.8 Å². The smallest absolute Gasteiger partial charge is 0.224 e. The zero-order valence-electron chi connectivity index (χ0n) is 18.4. The second-order valence-electron chi connectivity index (χ2n) is 7.85. The van der Waals surface area contributed by atoms with E-state index >= 15 is 0 Å². The van der Waals surface area contributed by atoms with Crippen LogP contribution in [-0.2, 0) is 29.2 Å². The summed E-state index contributed by atoms with van der Waals surface area (Å²) in [6, 6.07) is 19.0. The molecular weight excluding hydrogens is 418 g/mol. The van der Waals surface area contributed by atoms with Crippen LogP contribution in [0.5, 0.6) is 11.5 Å². The molecule has 0 radical (unpaired) electrons. The van der Waals surface area contributed by atoms with E-state index in [1.54, 1.807) is 6.20 Å². The van der Waals surface area contributed by atoms with Crippen LogP contribution in [0.4, 0.5) is 5.69 Å². The molecule has 33 heavy (non-hydrogen) atoms. The Morgan fingerprint density at radius 3 is 2.79 bits per heavy atom. The molecule has 2 amide bonds. The van der Waals surface area contributed by atoms with Crippen LogP contribution in [0.2, 0.25) is 0 Å². The SMILES string of the molecule is O=C(CCCOc1ccc2c(c1)CCC(=O)N2)NCc1cccc(OCc2ccccn2)c1. The summed E-state index contributed by atoms with van der Waals surface area (Å²) in [5.74, 6) is 1.52. The first-order valence-electron chi connectivity index (χ1n) is 11.1. The Kier molecular flexibility index (Phi) is 7.53. The van der Waals surface area contributed by atoms with Crippen molar-refractivity contribution in [2.24, 2.45) is 0 Å². The number of aromatic nitrogens is 1. The van der Waals surface area contributed by atoms with Gasteiger partial charge in [0.05, 0.1) is 12.3 Å². The number of nitrogens with one attached hydrogen (secondary N) is 2. The summed E-state index contributed by atoms with van der Waals surface area (Å²) in [7, 11) is 0. The van der Waals surface area contributed by atoms with Gasteiger partial charge in [-0.1, -0.05) is 18.2 Å². The van der Waals surface area contributed by atoms with E-state index in [4.69, 9.17) is 9.47 Å². The van der Waals surface area contributed by atoms with E-state index < -0.39 is 0 Å². The van der Waals surface area contributed by atoms with E-state index in [1.807, 2.05) is 60.7 Å². The van der Waals surface area contributed by atoms with Gasteiger partial charge in [-0.2, -0.15) is 0 Å². The molecule has 3 aromatic rings. The summed E-state index contributed by atoms with van der Waals surface area (Å²) in [5, 5.41) is 5.80. The van der Waals surface area contributed by atoms with Crippen LogP contribution in [0, 0.1) is 0 Å². The van der Waals surface area contributed by atoms with Crippen molar-refractivity contribution in [1.29, 1.82) is 0 Å². The molecule has 7 heteroatoms. The van der Waals surface area contributed by atoms with Crippen molar-refractivity contribution in [1.82, 2.24) is 10.3 Å². The van der Waals surface area contributed by atoms with Crippen LogP contribution in [0.15, 0.2) is 66.9 Å². The average molecular weight is 446 g/mol. The van der Waals surface area contributed by atoms with Gasteiger partial charge >= 0.3 is 0 Å². The number of pyridine rings is 1. The average Bonchev–Trinajstić information content (AvgIpc) is 2.85. The highest BCUT2D eigenvalue weighted by atomic mass is 16.5. The summed E-state index contributed by atoms with van der Waals surface area (Å²) < 4.78 is 11.6. The number of nitrogens with zero attached hydrogens (tertiary/aromatic N) is 1. The number of rotatable bonds is 10. The topological polar surface area (TPSA) is 89.6 Å². The first-order chi connectivity index (χ1) is 16.2. The highest BCUT2D eigenvalue weighted by Gasteiger charge is 2.15. The lowest BCUT2D eigenvalue weighted by Crippen LogP contribution is -2.23. The van der Waals surface area contributed by atoms with Gasteiger partial charge in [0, 0.05) is 31.3 Å². The van der Waals surface area contributed by atoms with Crippen molar-refractivity contribution < 1.29 is 19.1 Å². The van der Waals surface area contributed by atoms with Gasteiger partial charge in [-0.05, 0) is 66.4 Å². The summed E-state index contributed by atoms with van der Waals surface area (Å²) >= 11 is 0. The van der Waals surface area contributed by atoms with Gasteiger partial charge in [0.25, 0.3) is 0 Å². The van der Waals surface area contributed by atoms with Gasteiger partial charge in [-0.3, -0.25) is 14.6 Å². The number of amides is 2. The van der Waals surface area contributed by atoms with Crippen molar-refractivity contribution in [3.63, 3.8) is 0 Å². The second kappa shape index (κ2) is 11.1. The number of fused-ring (bicyclic) bond motifs is 1. The quantitative estimate of drug-likeness (QED) is 0.460. The van der Waals surface area contributed by atoms with Crippen LogP contribution in [-0.4, -0.2) is 23.4 Å². The Balaban J connectivity index is 1.15. The fraction of sp³-hybridized carbons (Fsp3) is 0.269. The lowest BCUT2D eigenvalue weighted by Gasteiger charge is -2.17. The van der Waals surface area contributed by atoms with Crippen LogP contribution in [0.1, 0.15) is 36.1 Å². The predicted octanol–water partition coefficient (Wildman–Crippen LogP) is 4.02. The monoisotopic (exact) mass is 445 g/mol. The molecule has 1 aliphatic rings. The lowest BCUT2D eigenvalue weighted by atomic mass is 10.0. The van der Waals surface area contributed by atoms with Crippen LogP contribution < -0.4 is 20.1 Å². The third kappa shape index (κ3) is 6.80. The first kappa shape index (κ1) is 22.3. The van der Waals surface area contributed by atoms with Crippen molar-refractivity contribution in [3.05, 3.63) is 83.7 Å². The maximum atomic E-state index is 12.2. The van der Waals surface area contributed by atoms with E-state index in [0.717, 1.165) is 40.4 Å². The Labute approximate surface area is 193 Å². The summed E-state index contributed by atoms with van der Waals surface area (Å²) in [6.45, 7) is 1.29. The zero-order valence-corrected chi connectivity index (χ0v) is 18.4. The van der Waals surface area contributed by atoms with Crippen LogP contribution >= 0.6 is 0 Å². The molecule has 0 spiro atoms. The van der Waals surface area contributed by atoms with E-state index in [0.29, 0.717) is 39.0 Å². The van der Waals surface area contributed by atoms with Gasteiger partial charge in [0.2, 0.25) is 11.8 Å². The number of hydrogen-bond donors (Lipinski definition) is 2. The van der Waals surface area contributed by atoms with E-state index in [1.165, 1.54) is 0 Å². The van der Waals surface area contributed by atoms with E-state index in [9.17, 15) is 9.59 Å². The number of benzene rings is 2. The molecule has 1 aliphatic heterocycles. The summed E-state index contributed by atoms with van der Waals surface area (Å²) in [4.78, 5) is 27.9. The van der Waals surface area contributed by atoms with Gasteiger partial charge in [-0.25, -0.2) is 0 Å². The molecular formula is C26H27N3O4. The molecule has 0 unspecified atom stereocenters. The van der Waals surface area contributed by atoms with Crippen molar-refractivity contribution >= 4 is 17.5 Å². The Hall–Kier alpha value is -3.87. The number of carbonyl (C=O) groups is 2. The molecule has 2 N–H and O–H groups in total. The molecule has 0 atom stereocenters. The molecule has 0 saturated carbocycles. The van der Waals surface area contributed by atoms with Crippen LogP contribution in [0.3, 0.4) is 0 Å². The van der Waals surface area contributed by atoms with Gasteiger partial charge in [-0.15, -0.1) is 0 Å². The molecule has 1 aromatic heterocycles. The molecule has 170 valence electrons. The number of aryl methyl sites for hydroxylation is 1. The normalized spacial score (nSPS) is 12.4. The molecule has 4 rings (SSSR count). The zero-order chi connectivity index (χ0) is 22.9. The number of carbonyl (C=O) groups excluding carboxylic acids is 2. The molecule has 2 aromatic carbocycles. The third-order valence-corrected chi connectivity index (χ3v) is 5.29. The second-order valence-corrected chi connectivity index (χ2v) is 7.85. The van der Waals surface area contributed by atoms with Gasteiger partial charge in [0.1, 0.15) is 18.1 Å². The fourth-order valence-electron chi connectivity index (χ4n) is 3.55. The minimum Gasteiger partial charge on any atom is -0.494 e. The highest BCUT2D eigenvalue weighted by molar-refractivity contribution is 5.94.